The summed E-state index contributed by atoms with van der Waals surface area (Å²) >= 11 is 0. The van der Waals surface area contributed by atoms with E-state index in [9.17, 15) is 0 Å². The van der Waals surface area contributed by atoms with Crippen molar-refractivity contribution in [3.8, 4) is 5.75 Å². The molecule has 1 aromatic carbocycles. The van der Waals surface area contributed by atoms with Crippen LogP contribution in [0.25, 0.3) is 0 Å². The highest BCUT2D eigenvalue weighted by atomic mass is 16.5. The zero-order valence-corrected chi connectivity index (χ0v) is 13.2. The van der Waals surface area contributed by atoms with Crippen LogP contribution >= 0.6 is 0 Å². The average Bonchev–Trinajstić information content (AvgIpc) is 2.48. The highest BCUT2D eigenvalue weighted by Gasteiger charge is 2.06. The highest BCUT2D eigenvalue weighted by Crippen LogP contribution is 2.22. The van der Waals surface area contributed by atoms with Gasteiger partial charge < -0.3 is 10.5 Å². The van der Waals surface area contributed by atoms with Gasteiger partial charge in [-0.3, -0.25) is 0 Å². The van der Waals surface area contributed by atoms with Crippen LogP contribution in [0.5, 0.6) is 5.75 Å². The molecule has 0 saturated heterocycles. The Hall–Kier alpha value is -1.02. The van der Waals surface area contributed by atoms with E-state index >= 15 is 0 Å². The summed E-state index contributed by atoms with van der Waals surface area (Å²) in [6.07, 6.45) is 10.0. The van der Waals surface area contributed by atoms with Gasteiger partial charge in [-0.1, -0.05) is 64.5 Å². The second kappa shape index (κ2) is 10.7. The molecule has 0 spiro atoms. The molecule has 0 heterocycles. The Morgan fingerprint density at radius 2 is 1.75 bits per heavy atom. The number of hydrogen-bond donors (Lipinski definition) is 1. The Labute approximate surface area is 124 Å². The maximum Gasteiger partial charge on any atom is 0.119 e. The molecule has 2 heteroatoms. The number of benzene rings is 1. The number of unbranched alkanes of at least 4 members (excludes halogenated alkanes) is 5. The standard InChI is InChI=1S/C18H31NO/c1-3-5-6-7-8-9-13-18(19)16-11-10-12-17(15-16)20-14-4-2/h10-12,15,18H,3-9,13-14,19H2,1-2H3. The molecule has 1 atom stereocenters. The second-order valence-corrected chi connectivity index (χ2v) is 5.58. The molecule has 0 saturated carbocycles. The van der Waals surface area contributed by atoms with Gasteiger partial charge in [0.05, 0.1) is 6.61 Å². The van der Waals surface area contributed by atoms with Crippen molar-refractivity contribution < 1.29 is 4.74 Å². The van der Waals surface area contributed by atoms with Crippen LogP contribution in [0.1, 0.15) is 76.8 Å². The van der Waals surface area contributed by atoms with Crippen molar-refractivity contribution in [1.82, 2.24) is 0 Å². The summed E-state index contributed by atoms with van der Waals surface area (Å²) in [5.41, 5.74) is 7.48. The van der Waals surface area contributed by atoms with Crippen molar-refractivity contribution in [3.05, 3.63) is 29.8 Å². The molecule has 0 aliphatic carbocycles. The van der Waals surface area contributed by atoms with E-state index in [0.717, 1.165) is 25.2 Å². The van der Waals surface area contributed by atoms with Gasteiger partial charge in [0.15, 0.2) is 0 Å². The van der Waals surface area contributed by atoms with Gasteiger partial charge in [0, 0.05) is 6.04 Å². The lowest BCUT2D eigenvalue weighted by atomic mass is 10.0. The Kier molecular flexibility index (Phi) is 9.14. The molecule has 0 radical (unpaired) electrons. The summed E-state index contributed by atoms with van der Waals surface area (Å²) in [6.45, 7) is 5.15. The van der Waals surface area contributed by atoms with Crippen molar-refractivity contribution in [3.63, 3.8) is 0 Å². The molecule has 0 bridgehead atoms. The minimum Gasteiger partial charge on any atom is -0.494 e. The van der Waals surface area contributed by atoms with E-state index in [1.165, 1.54) is 44.1 Å². The van der Waals surface area contributed by atoms with Crippen LogP contribution < -0.4 is 10.5 Å². The predicted molar refractivity (Wildman–Crippen MR) is 87.1 cm³/mol. The Morgan fingerprint density at radius 1 is 1.00 bits per heavy atom. The SMILES string of the molecule is CCCCCCCCC(N)c1cccc(OCCC)c1. The minimum atomic E-state index is 0.145. The third-order valence-electron chi connectivity index (χ3n) is 3.63. The first-order valence-corrected chi connectivity index (χ1v) is 8.26. The molecule has 2 N–H and O–H groups in total. The minimum absolute atomic E-state index is 0.145. The van der Waals surface area contributed by atoms with Crippen LogP contribution in [-0.4, -0.2) is 6.61 Å². The van der Waals surface area contributed by atoms with Crippen LogP contribution in [0.4, 0.5) is 0 Å². The van der Waals surface area contributed by atoms with Crippen LogP contribution in [0.2, 0.25) is 0 Å². The lowest BCUT2D eigenvalue weighted by Gasteiger charge is -2.13. The van der Waals surface area contributed by atoms with Crippen LogP contribution in [0.3, 0.4) is 0 Å². The van der Waals surface area contributed by atoms with Crippen molar-refractivity contribution in [2.24, 2.45) is 5.73 Å². The number of ether oxygens (including phenoxy) is 1. The van der Waals surface area contributed by atoms with Gasteiger partial charge in [-0.05, 0) is 30.5 Å². The summed E-state index contributed by atoms with van der Waals surface area (Å²) in [7, 11) is 0. The van der Waals surface area contributed by atoms with Gasteiger partial charge in [0.1, 0.15) is 5.75 Å². The number of nitrogens with two attached hydrogens (primary N) is 1. The second-order valence-electron chi connectivity index (χ2n) is 5.58. The van der Waals surface area contributed by atoms with Crippen molar-refractivity contribution in [2.45, 2.75) is 71.3 Å². The molecule has 0 aliphatic rings. The zero-order chi connectivity index (χ0) is 14.6. The van der Waals surface area contributed by atoms with Gasteiger partial charge >= 0.3 is 0 Å². The van der Waals surface area contributed by atoms with Crippen LogP contribution in [0.15, 0.2) is 24.3 Å². The highest BCUT2D eigenvalue weighted by molar-refractivity contribution is 5.30. The van der Waals surface area contributed by atoms with Crippen molar-refractivity contribution in [2.75, 3.05) is 6.61 Å². The molecule has 2 nitrogen and oxygen atoms in total. The van der Waals surface area contributed by atoms with Crippen molar-refractivity contribution in [1.29, 1.82) is 0 Å². The zero-order valence-electron chi connectivity index (χ0n) is 13.2. The van der Waals surface area contributed by atoms with E-state index < -0.39 is 0 Å². The molecule has 20 heavy (non-hydrogen) atoms. The Balaban J connectivity index is 2.29. The van der Waals surface area contributed by atoms with E-state index in [1.807, 2.05) is 12.1 Å². The fourth-order valence-electron chi connectivity index (χ4n) is 2.37. The fourth-order valence-corrected chi connectivity index (χ4v) is 2.37. The smallest absolute Gasteiger partial charge is 0.119 e. The molecule has 0 aromatic heterocycles. The van der Waals surface area contributed by atoms with Gasteiger partial charge in [0.2, 0.25) is 0 Å². The molecule has 114 valence electrons. The number of rotatable bonds is 11. The van der Waals surface area contributed by atoms with E-state index in [1.54, 1.807) is 0 Å². The van der Waals surface area contributed by atoms with Crippen LogP contribution in [-0.2, 0) is 0 Å². The lowest BCUT2D eigenvalue weighted by Crippen LogP contribution is -2.10. The lowest BCUT2D eigenvalue weighted by molar-refractivity contribution is 0.317. The maximum atomic E-state index is 6.28. The van der Waals surface area contributed by atoms with Gasteiger partial charge in [0.25, 0.3) is 0 Å². The third-order valence-corrected chi connectivity index (χ3v) is 3.63. The third kappa shape index (κ3) is 6.95. The summed E-state index contributed by atoms with van der Waals surface area (Å²) in [6, 6.07) is 8.40. The topological polar surface area (TPSA) is 35.2 Å². The monoisotopic (exact) mass is 277 g/mol. The van der Waals surface area contributed by atoms with Gasteiger partial charge in [-0.25, -0.2) is 0 Å². The van der Waals surface area contributed by atoms with Crippen LogP contribution in [0, 0.1) is 0 Å². The molecule has 0 fully saturated rings. The fraction of sp³-hybridized carbons (Fsp3) is 0.667. The van der Waals surface area contributed by atoms with Crippen molar-refractivity contribution >= 4 is 0 Å². The van der Waals surface area contributed by atoms with E-state index in [0.29, 0.717) is 0 Å². The molecular formula is C18H31NO. The first-order valence-electron chi connectivity index (χ1n) is 8.26. The van der Waals surface area contributed by atoms with E-state index in [-0.39, 0.29) is 6.04 Å². The van der Waals surface area contributed by atoms with Gasteiger partial charge in [-0.15, -0.1) is 0 Å². The molecule has 0 amide bonds. The molecule has 1 rings (SSSR count). The summed E-state index contributed by atoms with van der Waals surface area (Å²) < 4.78 is 5.66. The molecule has 1 aromatic rings. The summed E-state index contributed by atoms with van der Waals surface area (Å²) in [5.74, 6) is 0.947. The predicted octanol–water partition coefficient (Wildman–Crippen LogP) is 5.23. The van der Waals surface area contributed by atoms with Gasteiger partial charge in [-0.2, -0.15) is 0 Å². The normalized spacial score (nSPS) is 12.3. The van der Waals surface area contributed by atoms with E-state index in [4.69, 9.17) is 10.5 Å². The number of hydrogen-bond acceptors (Lipinski definition) is 2. The molecule has 0 aliphatic heterocycles. The first-order chi connectivity index (χ1) is 9.77. The first kappa shape index (κ1) is 17.0. The average molecular weight is 277 g/mol. The Morgan fingerprint density at radius 3 is 2.50 bits per heavy atom. The summed E-state index contributed by atoms with van der Waals surface area (Å²) in [4.78, 5) is 0. The molecule has 1 unspecified atom stereocenters. The molecular weight excluding hydrogens is 246 g/mol. The quantitative estimate of drug-likeness (QED) is 0.562. The van der Waals surface area contributed by atoms with E-state index in [2.05, 4.69) is 26.0 Å². The maximum absolute atomic E-state index is 6.28. The summed E-state index contributed by atoms with van der Waals surface area (Å²) in [5, 5.41) is 0. The largest absolute Gasteiger partial charge is 0.494 e. The Bertz CT molecular complexity index is 351.